The molecule has 28 N–H and O–H groups in total. The van der Waals surface area contributed by atoms with Crippen molar-refractivity contribution >= 4 is 149 Å². The maximum absolute atomic E-state index is 16.2. The minimum absolute atomic E-state index is 0.00635. The molecule has 3 aliphatic rings. The molecule has 11 aromatic rings. The van der Waals surface area contributed by atoms with Gasteiger partial charge in [0.25, 0.3) is 0 Å². The van der Waals surface area contributed by atoms with Crippen LogP contribution in [0, 0.1) is 22.7 Å². The van der Waals surface area contributed by atoms with Crippen molar-refractivity contribution in [2.24, 2.45) is 34.8 Å². The van der Waals surface area contributed by atoms with E-state index in [2.05, 4.69) is 99.0 Å². The number of carbonyl (C=O) groups is 14. The number of para-hydroxylation sites is 5. The number of hydrogen-bond acceptors (Lipinski definition) is 19. The number of aromatic amines is 5. The van der Waals surface area contributed by atoms with Crippen molar-refractivity contribution in [1.82, 2.24) is 114 Å². The molecule has 14 atom stereocenters. The molecule has 150 heavy (non-hydrogen) atoms. The Bertz CT molecular complexity index is 6630. The van der Waals surface area contributed by atoms with E-state index in [0.717, 1.165) is 38.3 Å². The summed E-state index contributed by atoms with van der Waals surface area (Å²) in [6.07, 6.45) is 14.3. The first kappa shape index (κ1) is 110. The first-order valence-electron chi connectivity index (χ1n) is 51.8. The van der Waals surface area contributed by atoms with E-state index < -0.39 is 161 Å². The topological polar surface area (TPSA) is 649 Å². The summed E-state index contributed by atoms with van der Waals surface area (Å²) in [4.78, 5) is 237. The summed E-state index contributed by atoms with van der Waals surface area (Å²) in [6.45, 7) is 8.46. The zero-order valence-corrected chi connectivity index (χ0v) is 85.0. The van der Waals surface area contributed by atoms with Crippen molar-refractivity contribution in [3.05, 3.63) is 210 Å². The van der Waals surface area contributed by atoms with E-state index in [1.807, 2.05) is 161 Å². The van der Waals surface area contributed by atoms with Gasteiger partial charge in [0.1, 0.15) is 78.5 Å². The lowest BCUT2D eigenvalue weighted by Gasteiger charge is -2.32. The maximum atomic E-state index is 16.2. The van der Waals surface area contributed by atoms with Gasteiger partial charge < -0.3 is 132 Å². The van der Waals surface area contributed by atoms with Gasteiger partial charge in [-0.3, -0.25) is 82.9 Å². The highest BCUT2D eigenvalue weighted by atomic mass is 16.2. The first-order chi connectivity index (χ1) is 72.4. The number of unbranched alkanes of at least 4 members (excludes halogenated alkanes) is 1. The number of benzene rings is 5. The quantitative estimate of drug-likeness (QED) is 0.0146. The number of rotatable bonds is 53. The van der Waals surface area contributed by atoms with E-state index in [9.17, 15) is 19.2 Å². The molecule has 0 aliphatic carbocycles. The summed E-state index contributed by atoms with van der Waals surface area (Å²) in [5, 5.41) is 56.7. The van der Waals surface area contributed by atoms with Gasteiger partial charge in [-0.15, -0.1) is 0 Å². The number of amides is 14. The van der Waals surface area contributed by atoms with E-state index in [-0.39, 0.29) is 166 Å². The van der Waals surface area contributed by atoms with Crippen LogP contribution in [0.15, 0.2) is 177 Å². The molecular formula is C108H140N28O14. The second kappa shape index (κ2) is 52.5. The molecule has 0 unspecified atom stereocenters. The van der Waals surface area contributed by atoms with Gasteiger partial charge in [-0.2, -0.15) is 0 Å². The van der Waals surface area contributed by atoms with Gasteiger partial charge in [-0.25, -0.2) is 0 Å². The van der Waals surface area contributed by atoms with Gasteiger partial charge in [0.15, 0.2) is 11.9 Å². The Morgan fingerprint density at radius 3 is 1.05 bits per heavy atom. The minimum atomic E-state index is -1.50. The van der Waals surface area contributed by atoms with Crippen LogP contribution in [0.3, 0.4) is 0 Å². The molecule has 0 radical (unpaired) electrons. The van der Waals surface area contributed by atoms with Gasteiger partial charge >= 0.3 is 0 Å². The summed E-state index contributed by atoms with van der Waals surface area (Å²) in [5.41, 5.74) is 30.6. The first-order valence-corrected chi connectivity index (χ1v) is 51.8. The van der Waals surface area contributed by atoms with Crippen molar-refractivity contribution in [1.29, 1.82) is 10.8 Å². The van der Waals surface area contributed by atoms with Crippen molar-refractivity contribution in [2.75, 3.05) is 45.8 Å². The molecule has 14 amide bonds. The normalized spacial score (nSPS) is 16.8. The Hall–Kier alpha value is -16.0. The largest absolute Gasteiger partial charge is 0.370 e. The highest BCUT2D eigenvalue weighted by molar-refractivity contribution is 6.03. The van der Waals surface area contributed by atoms with Crippen LogP contribution in [-0.2, 0) is 106 Å². The summed E-state index contributed by atoms with van der Waals surface area (Å²) in [5.74, 6) is -11.1. The number of hydrogen-bond donors (Lipinski definition) is 24. The van der Waals surface area contributed by atoms with Gasteiger partial charge in [0, 0.05) is 169 Å². The van der Waals surface area contributed by atoms with Crippen molar-refractivity contribution in [2.45, 2.75) is 241 Å². The Morgan fingerprint density at radius 1 is 0.387 bits per heavy atom. The van der Waals surface area contributed by atoms with Crippen molar-refractivity contribution in [3.63, 3.8) is 0 Å². The fourth-order valence-corrected chi connectivity index (χ4v) is 20.4. The molecule has 3 fully saturated rings. The third-order valence-electron chi connectivity index (χ3n) is 28.5. The van der Waals surface area contributed by atoms with Crippen LogP contribution in [0.5, 0.6) is 0 Å². The highest BCUT2D eigenvalue weighted by Gasteiger charge is 2.46. The summed E-state index contributed by atoms with van der Waals surface area (Å²) in [7, 11) is 0. The van der Waals surface area contributed by atoms with Crippen LogP contribution >= 0.6 is 0 Å². The number of nitrogens with one attached hydrogen (secondary N) is 20. The summed E-state index contributed by atoms with van der Waals surface area (Å²) in [6, 6.07) is 23.4. The Labute approximate surface area is 868 Å². The molecule has 796 valence electrons. The van der Waals surface area contributed by atoms with Gasteiger partial charge in [0.05, 0.1) is 6.54 Å². The molecule has 14 rings (SSSR count). The zero-order valence-electron chi connectivity index (χ0n) is 85.0. The number of nitrogens with two attached hydrogens (primary N) is 4. The zero-order chi connectivity index (χ0) is 107. The molecule has 0 saturated carbocycles. The van der Waals surface area contributed by atoms with Gasteiger partial charge in [-0.1, -0.05) is 125 Å². The van der Waals surface area contributed by atoms with Gasteiger partial charge in [-0.05, 0) is 184 Å². The fraction of sp³-hybridized carbons (Fsp3) is 0.435. The van der Waals surface area contributed by atoms with Crippen LogP contribution in [0.25, 0.3) is 54.5 Å². The van der Waals surface area contributed by atoms with Crippen molar-refractivity contribution in [3.8, 4) is 0 Å². The second-order valence-electron chi connectivity index (χ2n) is 39.6. The Balaban J connectivity index is 0.718. The Morgan fingerprint density at radius 2 is 0.707 bits per heavy atom. The lowest BCUT2D eigenvalue weighted by molar-refractivity contribution is -0.143. The average Bonchev–Trinajstić information content (AvgIpc) is 1.64. The van der Waals surface area contributed by atoms with E-state index in [0.29, 0.717) is 88.3 Å². The number of H-pyrrole nitrogens is 5. The van der Waals surface area contributed by atoms with E-state index in [4.69, 9.17) is 33.8 Å². The van der Waals surface area contributed by atoms with E-state index in [1.165, 1.54) is 14.7 Å². The average molecular weight is 2050 g/mol. The second-order valence-corrected chi connectivity index (χ2v) is 39.6. The SMILES string of the molecule is CC[C@H](C)[C@H](NC(=O)CNCc1ccncc1)C(=O)N[C@@H](CC(C)C)C(=O)N1CCC[C@H]1C(=O)N[C@@H](Cc1c[nH]c2ccccc12)C(=O)N[C@@H](CCCCN)C(=O)N[C@@H](Cc1c[nH]c2ccccc12)C(=O)N1CCC[C@H]1C(=O)N[C@@H](Cc1c[nH]c2ccccc12)C(=O)N[C@@H](Cc1c[nH]c2ccccc12)C(=O)N1CCC[C@H]1C(=O)N[C@@H](Cc1c[nH]c2ccccc12)C(=O)N[C@@H](CCCNC(=N)N)C(=O)N[C@@H](CCCNC(=N)N)C(N)=O. The van der Waals surface area contributed by atoms with Crippen LogP contribution in [0.2, 0.25) is 0 Å². The minimum Gasteiger partial charge on any atom is -0.370 e. The highest BCUT2D eigenvalue weighted by Crippen LogP contribution is 2.31. The monoisotopic (exact) mass is 2050 g/mol. The lowest BCUT2D eigenvalue weighted by Crippen LogP contribution is -2.61. The molecular weight excluding hydrogens is 1910 g/mol. The molecule has 5 aromatic carbocycles. The summed E-state index contributed by atoms with van der Waals surface area (Å²) >= 11 is 0. The van der Waals surface area contributed by atoms with Crippen LogP contribution < -0.4 is 92.1 Å². The van der Waals surface area contributed by atoms with Gasteiger partial charge in [0.2, 0.25) is 82.7 Å². The third kappa shape index (κ3) is 28.7. The molecule has 0 spiro atoms. The van der Waals surface area contributed by atoms with E-state index in [1.54, 1.807) is 43.4 Å². The molecule has 3 aliphatic heterocycles. The maximum Gasteiger partial charge on any atom is 0.246 e. The number of likely N-dealkylation sites (tertiary alicyclic amines) is 3. The number of pyridine rings is 1. The number of guanidine groups is 2. The van der Waals surface area contributed by atoms with Crippen LogP contribution in [-0.4, -0.2) is 264 Å². The van der Waals surface area contributed by atoms with Crippen LogP contribution in [0.4, 0.5) is 0 Å². The number of nitrogens with zero attached hydrogens (tertiary/aromatic N) is 4. The lowest BCUT2D eigenvalue weighted by atomic mass is 9.96. The summed E-state index contributed by atoms with van der Waals surface area (Å²) < 4.78 is 0. The number of fused-ring (bicyclic) bond motifs is 5. The fourth-order valence-electron chi connectivity index (χ4n) is 20.4. The predicted molar refractivity (Wildman–Crippen MR) is 569 cm³/mol. The standard InChI is InChI=1S/C108H140N28O14/c1-5-63(4)93(133-92(137)61-116-55-64-39-44-115-45-40-64)103(147)132-86(49-62(2)3)104(148)134-46-20-36-89(134)100(144)127-83(50-65-56-119-75-28-11-6-23-70(65)75)97(141)125-81(33-16-17-41-109)96(140)130-87(53-68-59-122-78-31-14-9-26-73(68)78)105(149)135-47-21-38-91(135)102(146)129-85(52-67-58-121-77-30-13-8-25-72(67)77)99(143)131-88(54-69-60-123-79-32-15-10-27-74(69)79)106(150)136-48-22-37-90(136)101(145)128-84(51-66-57-120-76-29-12-7-24-71(66)76)98(142)126-82(35-19-43-118-108(113)114)95(139)124-80(94(110)138)34-18-42-117-107(111)112/h6-15,23-32,39-40,44-45,56-60,62-63,80-91,93,116,119-123H,5,16-22,33-38,41-43,46-55,61,109H2,1-4H3,(H2,110,138)(H,124,139)(H,125,141)(H,126,142)(H,127,144)(H,128,145)(H,129,146)(H,130,140)(H,131,143)(H,132,147)(H,133,137)(H4,111,112,117)(H4,113,114,118)/t63-,80-,81-,82-,83-,84-,85-,86-,87-,88-,89-,90-,91-,93-/m0/s1. The molecule has 42 heteroatoms. The predicted octanol–water partition coefficient (Wildman–Crippen LogP) is 3.85. The third-order valence-corrected chi connectivity index (χ3v) is 28.5. The number of primary amides is 1. The molecule has 3 saturated heterocycles. The van der Waals surface area contributed by atoms with E-state index >= 15 is 47.9 Å². The smallest absolute Gasteiger partial charge is 0.246 e. The molecule has 6 aromatic heterocycles. The molecule has 42 nitrogen and oxygen atoms in total. The van der Waals surface area contributed by atoms with Crippen LogP contribution in [0.1, 0.15) is 157 Å². The Kier molecular flexibility index (Phi) is 38.4. The number of aromatic nitrogens is 6. The van der Waals surface area contributed by atoms with Crippen molar-refractivity contribution < 1.29 is 67.1 Å². The molecule has 9 heterocycles. The number of carbonyl (C=O) groups excluding carboxylic acids is 14. The molecule has 0 bridgehead atoms.